The first-order chi connectivity index (χ1) is 11.1. The van der Waals surface area contributed by atoms with Gasteiger partial charge in [-0.25, -0.2) is 0 Å². The van der Waals surface area contributed by atoms with E-state index in [1.54, 1.807) is 0 Å². The van der Waals surface area contributed by atoms with Gasteiger partial charge in [0.05, 0.1) is 12.6 Å². The molecule has 2 amide bonds. The van der Waals surface area contributed by atoms with Crippen LogP contribution >= 0.6 is 0 Å². The maximum Gasteiger partial charge on any atom is 0.239 e. The summed E-state index contributed by atoms with van der Waals surface area (Å²) < 4.78 is 0. The van der Waals surface area contributed by atoms with Crippen LogP contribution < -0.4 is 5.32 Å². The van der Waals surface area contributed by atoms with Crippen molar-refractivity contribution >= 4 is 11.8 Å². The predicted molar refractivity (Wildman–Crippen MR) is 91.0 cm³/mol. The molecule has 0 bridgehead atoms. The molecule has 5 heteroatoms. The number of nitrogens with zero attached hydrogens (tertiary/aromatic N) is 2. The fourth-order valence-electron chi connectivity index (χ4n) is 3.06. The summed E-state index contributed by atoms with van der Waals surface area (Å²) in [4.78, 5) is 28.4. The highest BCUT2D eigenvalue weighted by Gasteiger charge is 2.28. The van der Waals surface area contributed by atoms with Gasteiger partial charge in [0.25, 0.3) is 0 Å². The van der Waals surface area contributed by atoms with Gasteiger partial charge in [0.1, 0.15) is 0 Å². The summed E-state index contributed by atoms with van der Waals surface area (Å²) in [7, 11) is 0. The van der Waals surface area contributed by atoms with Gasteiger partial charge in [-0.3, -0.25) is 14.5 Å². The highest BCUT2D eigenvalue weighted by atomic mass is 16.2. The lowest BCUT2D eigenvalue weighted by Gasteiger charge is -2.34. The zero-order valence-electron chi connectivity index (χ0n) is 14.3. The van der Waals surface area contributed by atoms with E-state index in [1.165, 1.54) is 11.1 Å². The van der Waals surface area contributed by atoms with Gasteiger partial charge < -0.3 is 10.2 Å². The minimum atomic E-state index is -0.284. The second-order valence-electron chi connectivity index (χ2n) is 5.97. The fourth-order valence-corrected chi connectivity index (χ4v) is 3.06. The number of carbonyl (C=O) groups is 2. The minimum Gasteiger partial charge on any atom is -0.355 e. The van der Waals surface area contributed by atoms with Crippen molar-refractivity contribution in [3.05, 3.63) is 35.4 Å². The van der Waals surface area contributed by atoms with Crippen molar-refractivity contribution in [1.29, 1.82) is 0 Å². The Morgan fingerprint density at radius 3 is 2.61 bits per heavy atom. The number of likely N-dealkylation sites (N-methyl/N-ethyl adjacent to an activating group) is 2. The molecule has 23 heavy (non-hydrogen) atoms. The summed E-state index contributed by atoms with van der Waals surface area (Å²) >= 11 is 0. The molecule has 1 N–H and O–H groups in total. The first kappa shape index (κ1) is 17.5. The third-order valence-electron chi connectivity index (χ3n) is 4.47. The SMILES string of the molecule is CCNC(=O)CN(CC)[C@H](C)C(=O)N1CCc2ccccc2C1. The first-order valence-corrected chi connectivity index (χ1v) is 8.43. The molecule has 2 rings (SSSR count). The number of hydrogen-bond acceptors (Lipinski definition) is 3. The van der Waals surface area contributed by atoms with E-state index in [1.807, 2.05) is 42.7 Å². The molecule has 0 aliphatic carbocycles. The average Bonchev–Trinajstić information content (AvgIpc) is 2.58. The average molecular weight is 317 g/mol. The molecule has 5 nitrogen and oxygen atoms in total. The van der Waals surface area contributed by atoms with E-state index >= 15 is 0 Å². The largest absolute Gasteiger partial charge is 0.355 e. The molecule has 1 aromatic carbocycles. The second-order valence-corrected chi connectivity index (χ2v) is 5.97. The Balaban J connectivity index is 2.00. The van der Waals surface area contributed by atoms with Crippen LogP contribution in [0.3, 0.4) is 0 Å². The molecule has 126 valence electrons. The van der Waals surface area contributed by atoms with Crippen molar-refractivity contribution in [2.45, 2.75) is 39.8 Å². The summed E-state index contributed by atoms with van der Waals surface area (Å²) in [5.41, 5.74) is 2.56. The van der Waals surface area contributed by atoms with Gasteiger partial charge in [-0.15, -0.1) is 0 Å². The minimum absolute atomic E-state index is 0.0296. The van der Waals surface area contributed by atoms with Crippen LogP contribution in [0, 0.1) is 0 Å². The summed E-state index contributed by atoms with van der Waals surface area (Å²) in [6.45, 7) is 8.74. The Morgan fingerprint density at radius 1 is 1.26 bits per heavy atom. The molecule has 0 saturated carbocycles. The molecule has 0 spiro atoms. The van der Waals surface area contributed by atoms with Crippen LogP contribution in [-0.4, -0.2) is 53.8 Å². The van der Waals surface area contributed by atoms with Gasteiger partial charge in [-0.1, -0.05) is 31.2 Å². The molecule has 0 radical (unpaired) electrons. The zero-order chi connectivity index (χ0) is 16.8. The van der Waals surface area contributed by atoms with Crippen LogP contribution in [0.5, 0.6) is 0 Å². The Labute approximate surface area is 138 Å². The van der Waals surface area contributed by atoms with E-state index in [2.05, 4.69) is 17.4 Å². The lowest BCUT2D eigenvalue weighted by Crippen LogP contribution is -2.51. The lowest BCUT2D eigenvalue weighted by atomic mass is 9.99. The monoisotopic (exact) mass is 317 g/mol. The lowest BCUT2D eigenvalue weighted by molar-refractivity contribution is -0.138. The van der Waals surface area contributed by atoms with Crippen molar-refractivity contribution in [3.8, 4) is 0 Å². The normalized spacial score (nSPS) is 15.2. The fraction of sp³-hybridized carbons (Fsp3) is 0.556. The molecule has 1 heterocycles. The molecule has 0 aromatic heterocycles. The quantitative estimate of drug-likeness (QED) is 0.863. The van der Waals surface area contributed by atoms with Crippen molar-refractivity contribution in [1.82, 2.24) is 15.1 Å². The highest BCUT2D eigenvalue weighted by Crippen LogP contribution is 2.19. The molecular weight excluding hydrogens is 290 g/mol. The van der Waals surface area contributed by atoms with E-state index in [-0.39, 0.29) is 24.4 Å². The molecule has 1 aliphatic heterocycles. The Kier molecular flexibility index (Phi) is 6.16. The zero-order valence-corrected chi connectivity index (χ0v) is 14.3. The molecule has 0 fully saturated rings. The van der Waals surface area contributed by atoms with Gasteiger partial charge in [0.15, 0.2) is 0 Å². The van der Waals surface area contributed by atoms with Crippen LogP contribution in [0.15, 0.2) is 24.3 Å². The number of rotatable bonds is 6. The van der Waals surface area contributed by atoms with Crippen molar-refractivity contribution < 1.29 is 9.59 Å². The maximum absolute atomic E-state index is 12.8. The summed E-state index contributed by atoms with van der Waals surface area (Å²) in [6, 6.07) is 8.00. The number of hydrogen-bond donors (Lipinski definition) is 1. The van der Waals surface area contributed by atoms with Gasteiger partial charge in [0.2, 0.25) is 11.8 Å². The summed E-state index contributed by atoms with van der Waals surface area (Å²) in [5, 5.41) is 2.79. The van der Waals surface area contributed by atoms with E-state index in [0.29, 0.717) is 19.6 Å². The molecule has 1 atom stereocenters. The van der Waals surface area contributed by atoms with Gasteiger partial charge in [0, 0.05) is 19.6 Å². The predicted octanol–water partition coefficient (Wildman–Crippen LogP) is 1.42. The molecule has 1 aromatic rings. The van der Waals surface area contributed by atoms with Gasteiger partial charge in [-0.05, 0) is 37.9 Å². The van der Waals surface area contributed by atoms with E-state index < -0.39 is 0 Å². The van der Waals surface area contributed by atoms with E-state index in [4.69, 9.17) is 0 Å². The summed E-state index contributed by atoms with van der Waals surface area (Å²) in [5.74, 6) is 0.0728. The maximum atomic E-state index is 12.8. The number of benzene rings is 1. The third kappa shape index (κ3) is 4.32. The van der Waals surface area contributed by atoms with Crippen molar-refractivity contribution in [3.63, 3.8) is 0 Å². The first-order valence-electron chi connectivity index (χ1n) is 8.43. The Morgan fingerprint density at radius 2 is 1.96 bits per heavy atom. The Hall–Kier alpha value is -1.88. The number of fused-ring (bicyclic) bond motifs is 1. The van der Waals surface area contributed by atoms with Crippen LogP contribution in [0.4, 0.5) is 0 Å². The van der Waals surface area contributed by atoms with Crippen LogP contribution in [0.25, 0.3) is 0 Å². The van der Waals surface area contributed by atoms with Gasteiger partial charge in [-0.2, -0.15) is 0 Å². The van der Waals surface area contributed by atoms with Crippen molar-refractivity contribution in [2.24, 2.45) is 0 Å². The Bertz CT molecular complexity index is 559. The molecule has 0 saturated heterocycles. The highest BCUT2D eigenvalue weighted by molar-refractivity contribution is 5.83. The molecular formula is C18H27N3O2. The van der Waals surface area contributed by atoms with Crippen LogP contribution in [0.1, 0.15) is 31.9 Å². The second kappa shape index (κ2) is 8.11. The van der Waals surface area contributed by atoms with Crippen LogP contribution in [-0.2, 0) is 22.6 Å². The van der Waals surface area contributed by atoms with Crippen molar-refractivity contribution in [2.75, 3.05) is 26.2 Å². The number of carbonyl (C=O) groups excluding carboxylic acids is 2. The number of nitrogens with one attached hydrogen (secondary N) is 1. The topological polar surface area (TPSA) is 52.7 Å². The van der Waals surface area contributed by atoms with Crippen LogP contribution in [0.2, 0.25) is 0 Å². The smallest absolute Gasteiger partial charge is 0.239 e. The molecule has 0 unspecified atom stereocenters. The molecule has 1 aliphatic rings. The third-order valence-corrected chi connectivity index (χ3v) is 4.47. The van der Waals surface area contributed by atoms with E-state index in [0.717, 1.165) is 13.0 Å². The van der Waals surface area contributed by atoms with E-state index in [9.17, 15) is 9.59 Å². The van der Waals surface area contributed by atoms with Gasteiger partial charge >= 0.3 is 0 Å². The number of amides is 2. The standard InChI is InChI=1S/C18H27N3O2/c1-4-19-17(22)13-20(5-2)14(3)18(23)21-11-10-15-8-6-7-9-16(15)12-21/h6-9,14H,4-5,10-13H2,1-3H3,(H,19,22)/t14-/m1/s1. The summed E-state index contributed by atoms with van der Waals surface area (Å²) in [6.07, 6.45) is 0.900.